The molecule has 0 saturated carbocycles. The van der Waals surface area contributed by atoms with Crippen LogP contribution < -0.4 is 93.8 Å². The van der Waals surface area contributed by atoms with Crippen molar-refractivity contribution in [3.05, 3.63) is 0 Å². The number of ether oxygens (including phenoxy) is 4. The van der Waals surface area contributed by atoms with Gasteiger partial charge in [0.2, 0.25) is 20.8 Å². The summed E-state index contributed by atoms with van der Waals surface area (Å²) in [4.78, 5) is 15.5. The average Bonchev–Trinajstić information content (AvgIpc) is 2.78. The van der Waals surface area contributed by atoms with E-state index in [-0.39, 0.29) is 88.7 Å². The second-order valence-electron chi connectivity index (χ2n) is 7.88. The first-order valence-corrected chi connectivity index (χ1v) is 14.4. The molecule has 0 aliphatic carbocycles. The van der Waals surface area contributed by atoms with Crippen LogP contribution in [0.1, 0.15) is 6.92 Å². The maximum absolute atomic E-state index is 12.1. The molecule has 43 heavy (non-hydrogen) atoms. The summed E-state index contributed by atoms with van der Waals surface area (Å²) in [6.45, 7) is -0.615. The molecule has 0 bridgehead atoms. The molecular weight excluding hydrogens is 695 g/mol. The summed E-state index contributed by atoms with van der Waals surface area (Å²) in [6, 6.07) is -2.09. The van der Waals surface area contributed by atoms with Crippen molar-refractivity contribution in [3.8, 4) is 0 Å². The Labute approximate surface area is 311 Å². The molecule has 22 nitrogen and oxygen atoms in total. The summed E-state index contributed by atoms with van der Waals surface area (Å²) in [6.07, 6.45) is -21.3. The van der Waals surface area contributed by atoms with Gasteiger partial charge in [-0.05, 0) is 12.8 Å². The molecule has 234 valence electrons. The van der Waals surface area contributed by atoms with Crippen LogP contribution in [0.15, 0.2) is 4.99 Å². The molecule has 2 rings (SSSR count). The van der Waals surface area contributed by atoms with Crippen molar-refractivity contribution in [3.63, 3.8) is 0 Å². The molecule has 0 spiro atoms. The second kappa shape index (κ2) is 18.7. The summed E-state index contributed by atoms with van der Waals surface area (Å²) in [5.74, 6) is -2.53. The number of hydrogen-bond acceptors (Lipinski definition) is 21. The molecule has 28 heteroatoms. The van der Waals surface area contributed by atoms with E-state index in [9.17, 15) is 59.6 Å². The Morgan fingerprint density at radius 3 is 1.88 bits per heavy atom. The van der Waals surface area contributed by atoms with E-state index in [0.29, 0.717) is 0 Å². The predicted molar refractivity (Wildman–Crippen MR) is 112 cm³/mol. The first kappa shape index (κ1) is 46.4. The van der Waals surface area contributed by atoms with E-state index in [0.717, 1.165) is 14.0 Å². The molecule has 2 aliphatic heterocycles. The van der Waals surface area contributed by atoms with Crippen molar-refractivity contribution >= 4 is 43.1 Å². The van der Waals surface area contributed by atoms with Crippen LogP contribution in [0.2, 0.25) is 0 Å². The number of carbonyl (C=O) groups is 1. The maximum Gasteiger partial charge on any atom is 1.00 e. The number of aliphatic imine (C=N–C) groups is 1. The smallest absolute Gasteiger partial charge is 0.862 e. The summed E-state index contributed by atoms with van der Waals surface area (Å²) < 4.78 is 131. The SMILES string of the molecule is COC(=O)[C@H]1O[C@@H](O[C@@H]2[C@@H](N=C(C)[O-])[C@H](O)O[C@H](COS(=O)(=O)[O-])[C@H]2OS(=O)(=O)[O-])[C@H](O)[C@@H](OS(=O)(=O)O)[C@@H]1O.[Na+].[Na+].[Na+]. The number of esters is 1. The number of rotatable bonds is 11. The summed E-state index contributed by atoms with van der Waals surface area (Å²) in [7, 11) is -16.0. The molecule has 0 aromatic carbocycles. The Morgan fingerprint density at radius 2 is 1.44 bits per heavy atom. The molecule has 2 saturated heterocycles. The molecular formula is C15H22NNa3O21S3. The van der Waals surface area contributed by atoms with Crippen molar-refractivity contribution in [2.75, 3.05) is 13.7 Å². The van der Waals surface area contributed by atoms with Gasteiger partial charge < -0.3 is 48.5 Å². The maximum atomic E-state index is 12.1. The van der Waals surface area contributed by atoms with Crippen molar-refractivity contribution in [1.82, 2.24) is 0 Å². The van der Waals surface area contributed by atoms with Gasteiger partial charge in [-0.1, -0.05) is 0 Å². The summed E-state index contributed by atoms with van der Waals surface area (Å²) in [5.41, 5.74) is 0. The Bertz CT molecular complexity index is 1260. The molecule has 0 aromatic heterocycles. The van der Waals surface area contributed by atoms with Gasteiger partial charge in [-0.15, -0.1) is 0 Å². The van der Waals surface area contributed by atoms with Gasteiger partial charge in [0.1, 0.15) is 42.7 Å². The van der Waals surface area contributed by atoms with Gasteiger partial charge in [0.15, 0.2) is 18.7 Å². The van der Waals surface area contributed by atoms with Crippen LogP contribution in [-0.2, 0) is 67.5 Å². The number of nitrogens with zero attached hydrogens (tertiary/aromatic N) is 1. The minimum atomic E-state index is -5.79. The summed E-state index contributed by atoms with van der Waals surface area (Å²) in [5, 5.41) is 42.9. The Morgan fingerprint density at radius 1 is 0.884 bits per heavy atom. The average molecular weight is 717 g/mol. The van der Waals surface area contributed by atoms with Crippen molar-refractivity contribution < 1.29 is 184 Å². The van der Waals surface area contributed by atoms with Crippen LogP contribution in [-0.4, -0.2) is 141 Å². The van der Waals surface area contributed by atoms with Crippen molar-refractivity contribution in [1.29, 1.82) is 0 Å². The van der Waals surface area contributed by atoms with E-state index >= 15 is 0 Å². The van der Waals surface area contributed by atoms with Crippen molar-refractivity contribution in [2.45, 2.75) is 68.3 Å². The molecule has 0 aromatic rings. The largest absolute Gasteiger partial charge is 1.00 e. The molecule has 2 fully saturated rings. The number of aliphatic hydroxyl groups excluding tert-OH is 3. The zero-order valence-corrected chi connectivity index (χ0v) is 31.3. The van der Waals surface area contributed by atoms with Gasteiger partial charge in [-0.25, -0.2) is 25.8 Å². The minimum absolute atomic E-state index is 0. The molecule has 2 heterocycles. The van der Waals surface area contributed by atoms with Gasteiger partial charge in [0.05, 0.1) is 13.7 Å². The number of carbonyl (C=O) groups excluding carboxylic acids is 1. The third kappa shape index (κ3) is 14.5. The topological polar surface area (TPSA) is 347 Å². The van der Waals surface area contributed by atoms with Crippen LogP contribution in [0.25, 0.3) is 0 Å². The van der Waals surface area contributed by atoms with Crippen LogP contribution in [0.4, 0.5) is 0 Å². The third-order valence-corrected chi connectivity index (χ3v) is 6.42. The monoisotopic (exact) mass is 717 g/mol. The molecule has 0 unspecified atom stereocenters. The van der Waals surface area contributed by atoms with Crippen molar-refractivity contribution in [2.24, 2.45) is 4.99 Å². The van der Waals surface area contributed by atoms with Gasteiger partial charge in [-0.2, -0.15) is 8.42 Å². The van der Waals surface area contributed by atoms with Crippen LogP contribution in [0.5, 0.6) is 0 Å². The van der Waals surface area contributed by atoms with E-state index in [4.69, 9.17) is 18.8 Å². The molecule has 10 atom stereocenters. The predicted octanol–water partition coefficient (Wildman–Crippen LogP) is -15.6. The molecule has 4 N–H and O–H groups in total. The van der Waals surface area contributed by atoms with Gasteiger partial charge in [0.25, 0.3) is 0 Å². The van der Waals surface area contributed by atoms with E-state index in [1.165, 1.54) is 0 Å². The zero-order chi connectivity index (χ0) is 30.8. The Balaban J connectivity index is 0. The quantitative estimate of drug-likeness (QED) is 0.0385. The van der Waals surface area contributed by atoms with Crippen LogP contribution >= 0.6 is 0 Å². The number of aliphatic hydroxyl groups is 3. The van der Waals surface area contributed by atoms with Crippen LogP contribution in [0, 0.1) is 0 Å². The Kier molecular flexibility index (Phi) is 20.2. The number of hydrogen-bond donors (Lipinski definition) is 4. The van der Waals surface area contributed by atoms with Crippen LogP contribution in [0.3, 0.4) is 0 Å². The minimum Gasteiger partial charge on any atom is -0.862 e. The van der Waals surface area contributed by atoms with Gasteiger partial charge >= 0.3 is 105 Å². The van der Waals surface area contributed by atoms with E-state index in [1.807, 2.05) is 0 Å². The zero-order valence-electron chi connectivity index (χ0n) is 22.9. The summed E-state index contributed by atoms with van der Waals surface area (Å²) >= 11 is 0. The van der Waals surface area contributed by atoms with Gasteiger partial charge in [-0.3, -0.25) is 17.9 Å². The molecule has 0 radical (unpaired) electrons. The fourth-order valence-electron chi connectivity index (χ4n) is 3.62. The van der Waals surface area contributed by atoms with E-state index < -0.39 is 111 Å². The standard InChI is InChI=1S/C15H25NO21S3.3Na/c1-4(17)16-6-10(9(36-39(25,26)27)5(33-13(6)20)3-32-38(22,23)24)34-15-8(19)11(37-40(28,29)30)7(18)12(35-15)14(21)31-2;;;/h5-13,15,18-20H,3H2,1-2H3,(H,16,17)(H,22,23,24)(H,25,26,27)(H,28,29,30);;;/q;3*+1/p-3/t5-,6-,7+,8-,9-,10-,11+,12+,13-,15-;;;/m1.../s1. The Hall–Kier alpha value is 1.31. The third-order valence-electron chi connectivity index (χ3n) is 5.07. The second-order valence-corrected chi connectivity index (χ2v) is 11.0. The molecule has 0 amide bonds. The first-order valence-electron chi connectivity index (χ1n) is 10.3. The normalized spacial score (nSPS) is 33.7. The molecule has 2 aliphatic rings. The first-order chi connectivity index (χ1) is 18.1. The van der Waals surface area contributed by atoms with Gasteiger partial charge in [0, 0.05) is 0 Å². The fraction of sp³-hybridized carbons (Fsp3) is 0.867. The number of methoxy groups -OCH3 is 1. The van der Waals surface area contributed by atoms with E-state index in [1.54, 1.807) is 0 Å². The van der Waals surface area contributed by atoms with E-state index in [2.05, 4.69) is 22.3 Å². The fourth-order valence-corrected chi connectivity index (χ4v) is 4.93.